The van der Waals surface area contributed by atoms with Gasteiger partial charge in [0.05, 0.1) is 5.56 Å². The summed E-state index contributed by atoms with van der Waals surface area (Å²) in [6, 6.07) is 0.902. The molecule has 0 saturated carbocycles. The summed E-state index contributed by atoms with van der Waals surface area (Å²) >= 11 is 0. The SMILES string of the molecule is C=C1NC(=O)Nc2oc(=O)cc(C)c21. The predicted octanol–water partition coefficient (Wildman–Crippen LogP) is 1.05. The van der Waals surface area contributed by atoms with Crippen molar-refractivity contribution in [3.8, 4) is 0 Å². The lowest BCUT2D eigenvalue weighted by molar-refractivity contribution is 0.254. The van der Waals surface area contributed by atoms with Crippen LogP contribution in [0.2, 0.25) is 0 Å². The third-order valence-electron chi connectivity index (χ3n) is 1.95. The first-order chi connectivity index (χ1) is 6.58. The topological polar surface area (TPSA) is 71.3 Å². The summed E-state index contributed by atoms with van der Waals surface area (Å²) in [4.78, 5) is 22.0. The Balaban J connectivity index is 2.70. The molecule has 72 valence electrons. The fourth-order valence-corrected chi connectivity index (χ4v) is 1.41. The van der Waals surface area contributed by atoms with E-state index in [9.17, 15) is 9.59 Å². The van der Waals surface area contributed by atoms with Crippen molar-refractivity contribution in [2.45, 2.75) is 6.92 Å². The van der Waals surface area contributed by atoms with Crippen LogP contribution in [-0.2, 0) is 0 Å². The van der Waals surface area contributed by atoms with Gasteiger partial charge in [0, 0.05) is 11.8 Å². The Kier molecular flexibility index (Phi) is 1.67. The number of anilines is 1. The minimum Gasteiger partial charge on any atom is -0.405 e. The molecule has 1 aromatic rings. The number of carbonyl (C=O) groups is 1. The lowest BCUT2D eigenvalue weighted by Gasteiger charge is -2.19. The van der Waals surface area contributed by atoms with Crippen LogP contribution in [0.15, 0.2) is 21.9 Å². The summed E-state index contributed by atoms with van der Waals surface area (Å²) < 4.78 is 4.83. The van der Waals surface area contributed by atoms with E-state index < -0.39 is 11.7 Å². The first kappa shape index (κ1) is 8.55. The fraction of sp³-hybridized carbons (Fsp3) is 0.111. The van der Waals surface area contributed by atoms with Gasteiger partial charge in [-0.3, -0.25) is 5.32 Å². The lowest BCUT2D eigenvalue weighted by Crippen LogP contribution is -2.33. The van der Waals surface area contributed by atoms with Crippen LogP contribution >= 0.6 is 0 Å². The zero-order valence-corrected chi connectivity index (χ0v) is 7.51. The summed E-state index contributed by atoms with van der Waals surface area (Å²) in [5.41, 5.74) is 1.29. The van der Waals surface area contributed by atoms with E-state index in [0.717, 1.165) is 0 Å². The normalized spacial score (nSPS) is 14.4. The Bertz CT molecular complexity index is 487. The van der Waals surface area contributed by atoms with E-state index >= 15 is 0 Å². The van der Waals surface area contributed by atoms with Gasteiger partial charge in [0.25, 0.3) is 0 Å². The van der Waals surface area contributed by atoms with Crippen molar-refractivity contribution >= 4 is 17.6 Å². The fourth-order valence-electron chi connectivity index (χ4n) is 1.41. The molecule has 5 heteroatoms. The molecule has 2 N–H and O–H groups in total. The highest BCUT2D eigenvalue weighted by atomic mass is 16.4. The number of nitrogens with one attached hydrogen (secondary N) is 2. The van der Waals surface area contributed by atoms with Gasteiger partial charge in [-0.1, -0.05) is 6.58 Å². The molecule has 0 unspecified atom stereocenters. The molecule has 0 fully saturated rings. The van der Waals surface area contributed by atoms with E-state index in [2.05, 4.69) is 17.2 Å². The van der Waals surface area contributed by atoms with E-state index in [1.54, 1.807) is 6.92 Å². The van der Waals surface area contributed by atoms with Gasteiger partial charge in [-0.2, -0.15) is 0 Å². The van der Waals surface area contributed by atoms with Gasteiger partial charge in [0.15, 0.2) is 0 Å². The molecule has 0 aromatic carbocycles. The molecule has 0 saturated heterocycles. The third kappa shape index (κ3) is 1.19. The molecular weight excluding hydrogens is 184 g/mol. The van der Waals surface area contributed by atoms with Crippen LogP contribution < -0.4 is 16.3 Å². The maximum Gasteiger partial charge on any atom is 0.337 e. The highest BCUT2D eigenvalue weighted by Gasteiger charge is 2.21. The highest BCUT2D eigenvalue weighted by molar-refractivity contribution is 6.01. The first-order valence-electron chi connectivity index (χ1n) is 4.00. The summed E-state index contributed by atoms with van der Waals surface area (Å²) in [6.45, 7) is 5.41. The number of hydrogen-bond acceptors (Lipinski definition) is 3. The minimum absolute atomic E-state index is 0.156. The third-order valence-corrected chi connectivity index (χ3v) is 1.95. The van der Waals surface area contributed by atoms with E-state index in [-0.39, 0.29) is 5.88 Å². The largest absolute Gasteiger partial charge is 0.405 e. The van der Waals surface area contributed by atoms with Crippen molar-refractivity contribution < 1.29 is 9.21 Å². The molecule has 0 aliphatic carbocycles. The second-order valence-corrected chi connectivity index (χ2v) is 3.01. The molecule has 2 heterocycles. The quantitative estimate of drug-likeness (QED) is 0.645. The predicted molar refractivity (Wildman–Crippen MR) is 50.9 cm³/mol. The van der Waals surface area contributed by atoms with Crippen LogP contribution in [0.1, 0.15) is 11.1 Å². The number of hydrogen-bond donors (Lipinski definition) is 2. The molecule has 0 spiro atoms. The molecule has 0 radical (unpaired) electrons. The zero-order valence-electron chi connectivity index (χ0n) is 7.51. The Labute approximate surface area is 79.4 Å². The van der Waals surface area contributed by atoms with Crippen LogP contribution in [-0.4, -0.2) is 6.03 Å². The minimum atomic E-state index is -0.490. The molecule has 2 rings (SSSR count). The Morgan fingerprint density at radius 1 is 1.36 bits per heavy atom. The van der Waals surface area contributed by atoms with E-state index in [4.69, 9.17) is 4.42 Å². The van der Waals surface area contributed by atoms with Crippen molar-refractivity contribution in [1.29, 1.82) is 0 Å². The molecule has 14 heavy (non-hydrogen) atoms. The number of aryl methyl sites for hydroxylation is 1. The number of fused-ring (bicyclic) bond motifs is 1. The van der Waals surface area contributed by atoms with E-state index in [1.165, 1.54) is 6.07 Å². The van der Waals surface area contributed by atoms with E-state index in [1.807, 2.05) is 0 Å². The molecule has 2 amide bonds. The lowest BCUT2D eigenvalue weighted by atomic mass is 10.1. The Hall–Kier alpha value is -2.04. The Morgan fingerprint density at radius 2 is 2.07 bits per heavy atom. The average Bonchev–Trinajstić information content (AvgIpc) is 1.99. The second kappa shape index (κ2) is 2.73. The monoisotopic (exact) mass is 192 g/mol. The van der Waals surface area contributed by atoms with Crippen molar-refractivity contribution in [2.24, 2.45) is 0 Å². The van der Waals surface area contributed by atoms with E-state index in [0.29, 0.717) is 16.8 Å². The Morgan fingerprint density at radius 3 is 2.79 bits per heavy atom. The summed E-state index contributed by atoms with van der Waals surface area (Å²) in [5, 5.41) is 4.88. The number of carbonyl (C=O) groups excluding carboxylic acids is 1. The van der Waals surface area contributed by atoms with Crippen molar-refractivity contribution in [3.63, 3.8) is 0 Å². The number of urea groups is 1. The van der Waals surface area contributed by atoms with Gasteiger partial charge in [0.2, 0.25) is 5.88 Å². The van der Waals surface area contributed by atoms with Crippen LogP contribution in [0.3, 0.4) is 0 Å². The van der Waals surface area contributed by atoms with Gasteiger partial charge in [-0.15, -0.1) is 0 Å². The molecule has 1 aliphatic rings. The van der Waals surface area contributed by atoms with Crippen LogP contribution in [0.4, 0.5) is 10.7 Å². The smallest absolute Gasteiger partial charge is 0.337 e. The molecular formula is C9H8N2O3. The van der Waals surface area contributed by atoms with Gasteiger partial charge >= 0.3 is 11.7 Å². The summed E-state index contributed by atoms with van der Waals surface area (Å²) in [7, 11) is 0. The first-order valence-corrected chi connectivity index (χ1v) is 4.00. The van der Waals surface area contributed by atoms with Gasteiger partial charge < -0.3 is 9.73 Å². The van der Waals surface area contributed by atoms with Crippen molar-refractivity contribution in [3.05, 3.63) is 34.2 Å². The standard InChI is InChI=1S/C9H8N2O3/c1-4-3-6(12)14-8-7(4)5(2)10-9(13)11-8/h3H,2H2,1H3,(H2,10,11,13). The van der Waals surface area contributed by atoms with Crippen LogP contribution in [0.5, 0.6) is 0 Å². The zero-order chi connectivity index (χ0) is 10.3. The second-order valence-electron chi connectivity index (χ2n) is 3.01. The molecule has 5 nitrogen and oxygen atoms in total. The van der Waals surface area contributed by atoms with Crippen LogP contribution in [0, 0.1) is 6.92 Å². The van der Waals surface area contributed by atoms with Gasteiger partial charge in [-0.05, 0) is 12.5 Å². The van der Waals surface area contributed by atoms with Crippen LogP contribution in [0.25, 0.3) is 5.70 Å². The molecule has 1 aliphatic heterocycles. The highest BCUT2D eigenvalue weighted by Crippen LogP contribution is 2.26. The maximum absolute atomic E-state index is 11.0. The summed E-state index contributed by atoms with van der Waals surface area (Å²) in [6.07, 6.45) is 0. The van der Waals surface area contributed by atoms with Gasteiger partial charge in [0.1, 0.15) is 0 Å². The summed E-state index contributed by atoms with van der Waals surface area (Å²) in [5.74, 6) is 0.156. The average molecular weight is 192 g/mol. The molecule has 0 atom stereocenters. The van der Waals surface area contributed by atoms with Crippen molar-refractivity contribution in [1.82, 2.24) is 5.32 Å². The van der Waals surface area contributed by atoms with Gasteiger partial charge in [-0.25, -0.2) is 9.59 Å². The van der Waals surface area contributed by atoms with Crippen molar-refractivity contribution in [2.75, 3.05) is 5.32 Å². The number of amides is 2. The number of rotatable bonds is 0. The molecule has 0 bridgehead atoms. The molecule has 1 aromatic heterocycles. The maximum atomic E-state index is 11.0.